The summed E-state index contributed by atoms with van der Waals surface area (Å²) in [7, 11) is 0. The molecule has 1 N–H and O–H groups in total. The van der Waals surface area contributed by atoms with Gasteiger partial charge in [0.2, 0.25) is 5.91 Å². The molecule has 0 unspecified atom stereocenters. The molecule has 0 radical (unpaired) electrons. The third-order valence-electron chi connectivity index (χ3n) is 4.65. The first-order valence-electron chi connectivity index (χ1n) is 8.78. The van der Waals surface area contributed by atoms with Gasteiger partial charge in [-0.3, -0.25) is 9.69 Å². The van der Waals surface area contributed by atoms with Gasteiger partial charge in [0.05, 0.1) is 5.56 Å². The maximum absolute atomic E-state index is 12.8. The number of hydrogen-bond acceptors (Lipinski definition) is 5. The van der Waals surface area contributed by atoms with Crippen LogP contribution in [0.1, 0.15) is 29.7 Å². The molecule has 3 rings (SSSR count). The Balaban J connectivity index is 1.51. The molecule has 0 atom stereocenters. The minimum atomic E-state index is -4.35. The molecule has 146 valence electrons. The van der Waals surface area contributed by atoms with E-state index in [1.165, 1.54) is 24.3 Å². The average molecular weight is 389 g/mol. The van der Waals surface area contributed by atoms with Crippen LogP contribution < -0.4 is 5.32 Å². The maximum atomic E-state index is 12.8. The van der Waals surface area contributed by atoms with Crippen LogP contribution in [0.15, 0.2) is 36.4 Å². The van der Waals surface area contributed by atoms with Gasteiger partial charge in [-0.15, -0.1) is 10.2 Å². The van der Waals surface area contributed by atoms with Gasteiger partial charge in [-0.1, -0.05) is 18.2 Å². The van der Waals surface area contributed by atoms with E-state index in [-0.39, 0.29) is 23.3 Å². The van der Waals surface area contributed by atoms with E-state index in [1.807, 2.05) is 11.0 Å². The number of hydrogen-bond donors (Lipinski definition) is 1. The molecular formula is C19H18F3N5O. The number of carbonyl (C=O) groups excluding carboxylic acids is 1. The van der Waals surface area contributed by atoms with Crippen molar-refractivity contribution in [2.45, 2.75) is 25.6 Å². The van der Waals surface area contributed by atoms with Crippen LogP contribution >= 0.6 is 0 Å². The number of anilines is 1. The second kappa shape index (κ2) is 8.35. The summed E-state index contributed by atoms with van der Waals surface area (Å²) >= 11 is 0. The first-order valence-corrected chi connectivity index (χ1v) is 8.78. The van der Waals surface area contributed by atoms with Crippen molar-refractivity contribution in [3.8, 4) is 6.07 Å². The summed E-state index contributed by atoms with van der Waals surface area (Å²) in [5.74, 6) is -0.0803. The largest absolute Gasteiger partial charge is 0.416 e. The first kappa shape index (κ1) is 19.8. The van der Waals surface area contributed by atoms with Crippen LogP contribution in [0, 0.1) is 17.2 Å². The molecule has 1 amide bonds. The number of nitrogens with one attached hydrogen (secondary N) is 1. The van der Waals surface area contributed by atoms with Gasteiger partial charge >= 0.3 is 6.18 Å². The van der Waals surface area contributed by atoms with Gasteiger partial charge in [0.15, 0.2) is 11.5 Å². The summed E-state index contributed by atoms with van der Waals surface area (Å²) in [5, 5.41) is 18.8. The molecule has 28 heavy (non-hydrogen) atoms. The predicted molar refractivity (Wildman–Crippen MR) is 94.8 cm³/mol. The topological polar surface area (TPSA) is 81.9 Å². The Hall–Kier alpha value is -2.99. The van der Waals surface area contributed by atoms with Gasteiger partial charge < -0.3 is 5.32 Å². The third-order valence-corrected chi connectivity index (χ3v) is 4.65. The fourth-order valence-electron chi connectivity index (χ4n) is 3.14. The minimum Gasteiger partial charge on any atom is -0.309 e. The van der Waals surface area contributed by atoms with E-state index < -0.39 is 11.7 Å². The van der Waals surface area contributed by atoms with Crippen molar-refractivity contribution in [2.24, 2.45) is 5.92 Å². The van der Waals surface area contributed by atoms with E-state index in [0.29, 0.717) is 38.0 Å². The molecule has 0 bridgehead atoms. The van der Waals surface area contributed by atoms with Crippen molar-refractivity contribution in [2.75, 3.05) is 18.4 Å². The monoisotopic (exact) mass is 389 g/mol. The Kier molecular flexibility index (Phi) is 5.90. The lowest BCUT2D eigenvalue weighted by molar-refractivity contribution is -0.137. The van der Waals surface area contributed by atoms with E-state index >= 15 is 0 Å². The van der Waals surface area contributed by atoms with Crippen LogP contribution in [0.4, 0.5) is 19.0 Å². The lowest BCUT2D eigenvalue weighted by atomic mass is 9.95. The molecule has 1 aliphatic heterocycles. The number of nitriles is 1. The van der Waals surface area contributed by atoms with Gasteiger partial charge in [-0.25, -0.2) is 0 Å². The highest BCUT2D eigenvalue weighted by molar-refractivity contribution is 5.91. The summed E-state index contributed by atoms with van der Waals surface area (Å²) in [6.07, 6.45) is -3.14. The van der Waals surface area contributed by atoms with E-state index in [1.54, 1.807) is 6.07 Å². The first-order chi connectivity index (χ1) is 13.3. The summed E-state index contributed by atoms with van der Waals surface area (Å²) in [6, 6.07) is 10.2. The van der Waals surface area contributed by atoms with Crippen LogP contribution in [0.5, 0.6) is 0 Å². The molecule has 1 saturated heterocycles. The average Bonchev–Trinajstić information content (AvgIpc) is 2.69. The molecule has 1 aromatic carbocycles. The molecule has 0 aliphatic carbocycles. The second-order valence-electron chi connectivity index (χ2n) is 6.65. The number of likely N-dealkylation sites (tertiary alicyclic amines) is 1. The van der Waals surface area contributed by atoms with Gasteiger partial charge in [0.1, 0.15) is 6.07 Å². The summed E-state index contributed by atoms with van der Waals surface area (Å²) in [4.78, 5) is 14.4. The maximum Gasteiger partial charge on any atom is 0.416 e. The molecule has 9 heteroatoms. The van der Waals surface area contributed by atoms with Crippen molar-refractivity contribution in [1.29, 1.82) is 5.26 Å². The highest BCUT2D eigenvalue weighted by Gasteiger charge is 2.31. The van der Waals surface area contributed by atoms with Crippen LogP contribution in [-0.2, 0) is 17.5 Å². The van der Waals surface area contributed by atoms with E-state index in [2.05, 4.69) is 15.5 Å². The van der Waals surface area contributed by atoms with Gasteiger partial charge in [0, 0.05) is 12.5 Å². The zero-order valence-electron chi connectivity index (χ0n) is 14.9. The molecular weight excluding hydrogens is 371 g/mol. The Morgan fingerprint density at radius 1 is 1.21 bits per heavy atom. The van der Waals surface area contributed by atoms with Crippen molar-refractivity contribution in [3.05, 3.63) is 53.2 Å². The van der Waals surface area contributed by atoms with Crippen LogP contribution in [0.2, 0.25) is 0 Å². The predicted octanol–water partition coefficient (Wildman–Crippen LogP) is 3.22. The highest BCUT2D eigenvalue weighted by atomic mass is 19.4. The molecule has 1 aromatic heterocycles. The van der Waals surface area contributed by atoms with Gasteiger partial charge in [0.25, 0.3) is 0 Å². The molecule has 2 heterocycles. The lowest BCUT2D eigenvalue weighted by Gasteiger charge is -2.31. The Labute approximate surface area is 160 Å². The van der Waals surface area contributed by atoms with Gasteiger partial charge in [-0.05, 0) is 49.7 Å². The number of alkyl halides is 3. The third kappa shape index (κ3) is 5.04. The Morgan fingerprint density at radius 3 is 2.57 bits per heavy atom. The normalized spacial score (nSPS) is 15.8. The van der Waals surface area contributed by atoms with Gasteiger partial charge in [-0.2, -0.15) is 18.4 Å². The Morgan fingerprint density at radius 2 is 1.96 bits per heavy atom. The summed E-state index contributed by atoms with van der Waals surface area (Å²) in [6.45, 7) is 1.65. The number of carbonyl (C=O) groups is 1. The summed E-state index contributed by atoms with van der Waals surface area (Å²) in [5.41, 5.74) is 0.120. The number of piperidine rings is 1. The molecule has 0 spiro atoms. The zero-order chi connectivity index (χ0) is 20.1. The van der Waals surface area contributed by atoms with Crippen molar-refractivity contribution in [1.82, 2.24) is 15.1 Å². The highest BCUT2D eigenvalue weighted by Crippen LogP contribution is 2.30. The quantitative estimate of drug-likeness (QED) is 0.868. The lowest BCUT2D eigenvalue weighted by Crippen LogP contribution is -2.37. The van der Waals surface area contributed by atoms with Crippen molar-refractivity contribution >= 4 is 11.7 Å². The minimum absolute atomic E-state index is 0.167. The van der Waals surface area contributed by atoms with Crippen molar-refractivity contribution < 1.29 is 18.0 Å². The molecule has 6 nitrogen and oxygen atoms in total. The number of amides is 1. The molecule has 0 saturated carbocycles. The number of nitrogens with zero attached hydrogens (tertiary/aromatic N) is 4. The van der Waals surface area contributed by atoms with Crippen LogP contribution in [0.25, 0.3) is 0 Å². The molecule has 1 fully saturated rings. The van der Waals surface area contributed by atoms with Crippen LogP contribution in [-0.4, -0.2) is 34.1 Å². The summed E-state index contributed by atoms with van der Waals surface area (Å²) < 4.78 is 38.5. The molecule has 2 aromatic rings. The number of benzene rings is 1. The number of aromatic nitrogens is 2. The smallest absolute Gasteiger partial charge is 0.309 e. The fraction of sp³-hybridized carbons (Fsp3) is 0.368. The molecule has 1 aliphatic rings. The fourth-order valence-corrected chi connectivity index (χ4v) is 3.14. The van der Waals surface area contributed by atoms with E-state index in [0.717, 1.165) is 6.07 Å². The van der Waals surface area contributed by atoms with Crippen molar-refractivity contribution in [3.63, 3.8) is 0 Å². The van der Waals surface area contributed by atoms with Crippen LogP contribution in [0.3, 0.4) is 0 Å². The standard InChI is InChI=1S/C19H18F3N5O/c20-19(21,22)15-3-1-2-13(10-15)12-27-8-6-14(7-9-27)18(28)24-17-5-4-16(11-23)25-26-17/h1-5,10,14H,6-9,12H2,(H,24,26,28). The zero-order valence-corrected chi connectivity index (χ0v) is 14.9. The second-order valence-corrected chi connectivity index (χ2v) is 6.65. The number of rotatable bonds is 4. The Bertz CT molecular complexity index is 868. The van der Waals surface area contributed by atoms with E-state index in [4.69, 9.17) is 5.26 Å². The van der Waals surface area contributed by atoms with E-state index in [9.17, 15) is 18.0 Å². The SMILES string of the molecule is N#Cc1ccc(NC(=O)C2CCN(Cc3cccc(C(F)(F)F)c3)CC2)nn1. The number of halogens is 3.